The molecular formula is C23H32N4O3S. The van der Waals surface area contributed by atoms with Crippen LogP contribution in [0.5, 0.6) is 0 Å². The molecule has 1 atom stereocenters. The molecule has 3 N–H and O–H groups in total. The van der Waals surface area contributed by atoms with Crippen LogP contribution in [-0.4, -0.2) is 40.6 Å². The summed E-state index contributed by atoms with van der Waals surface area (Å²) < 4.78 is 33.0. The number of hydrogen-bond donors (Lipinski definition) is 3. The van der Waals surface area contributed by atoms with E-state index in [1.807, 2.05) is 30.3 Å². The average molecular weight is 445 g/mol. The minimum atomic E-state index is -3.41. The fourth-order valence-electron chi connectivity index (χ4n) is 2.96. The Balaban J connectivity index is 1.37. The summed E-state index contributed by atoms with van der Waals surface area (Å²) in [6.07, 6.45) is 1.84. The van der Waals surface area contributed by atoms with Gasteiger partial charge in [-0.2, -0.15) is 0 Å². The van der Waals surface area contributed by atoms with Crippen LogP contribution < -0.4 is 15.4 Å². The molecule has 31 heavy (non-hydrogen) atoms. The van der Waals surface area contributed by atoms with E-state index in [1.165, 1.54) is 5.56 Å². The first-order valence-electron chi connectivity index (χ1n) is 10.6. The van der Waals surface area contributed by atoms with E-state index in [4.69, 9.17) is 4.74 Å². The summed E-state index contributed by atoms with van der Waals surface area (Å²) in [5.74, 6) is 1.02. The maximum absolute atomic E-state index is 12.2. The van der Waals surface area contributed by atoms with Crippen LogP contribution in [0.1, 0.15) is 30.9 Å². The van der Waals surface area contributed by atoms with Gasteiger partial charge in [0.1, 0.15) is 0 Å². The SMILES string of the molecule is CN=C(NCc1ccc(S(=O)(=O)NC2CC2)cc1)NCC(C)COCc1ccccc1. The first kappa shape index (κ1) is 23.2. The van der Waals surface area contributed by atoms with Crippen molar-refractivity contribution in [3.05, 3.63) is 65.7 Å². The number of benzene rings is 2. The van der Waals surface area contributed by atoms with Gasteiger partial charge in [0.2, 0.25) is 10.0 Å². The first-order valence-corrected chi connectivity index (χ1v) is 12.1. The zero-order valence-electron chi connectivity index (χ0n) is 18.2. The highest BCUT2D eigenvalue weighted by Crippen LogP contribution is 2.22. The van der Waals surface area contributed by atoms with Crippen molar-refractivity contribution in [2.75, 3.05) is 20.2 Å². The fraction of sp³-hybridized carbons (Fsp3) is 0.435. The Kier molecular flexibility index (Phi) is 8.45. The maximum atomic E-state index is 12.2. The van der Waals surface area contributed by atoms with Crippen LogP contribution in [0.4, 0.5) is 0 Å². The van der Waals surface area contributed by atoms with Crippen LogP contribution in [0, 0.1) is 5.92 Å². The highest BCUT2D eigenvalue weighted by molar-refractivity contribution is 7.89. The number of nitrogens with zero attached hydrogens (tertiary/aromatic N) is 1. The van der Waals surface area contributed by atoms with Crippen molar-refractivity contribution in [1.82, 2.24) is 15.4 Å². The first-order chi connectivity index (χ1) is 15.0. The molecule has 168 valence electrons. The third-order valence-corrected chi connectivity index (χ3v) is 6.48. The van der Waals surface area contributed by atoms with Gasteiger partial charge < -0.3 is 15.4 Å². The van der Waals surface area contributed by atoms with E-state index in [9.17, 15) is 8.42 Å². The number of sulfonamides is 1. The second kappa shape index (κ2) is 11.3. The lowest BCUT2D eigenvalue weighted by molar-refractivity contribution is 0.0931. The van der Waals surface area contributed by atoms with Crippen LogP contribution in [-0.2, 0) is 27.9 Å². The molecule has 0 amide bonds. The topological polar surface area (TPSA) is 91.8 Å². The summed E-state index contributed by atoms with van der Waals surface area (Å²) in [7, 11) is -1.68. The normalized spacial score (nSPS) is 15.5. The summed E-state index contributed by atoms with van der Waals surface area (Å²) in [4.78, 5) is 4.55. The molecule has 0 bridgehead atoms. The Hall–Kier alpha value is -2.42. The van der Waals surface area contributed by atoms with E-state index in [0.717, 1.165) is 24.9 Å². The average Bonchev–Trinajstić information content (AvgIpc) is 3.58. The summed E-state index contributed by atoms with van der Waals surface area (Å²) in [5, 5.41) is 6.56. The zero-order valence-corrected chi connectivity index (χ0v) is 19.0. The summed E-state index contributed by atoms with van der Waals surface area (Å²) in [5.41, 5.74) is 2.15. The monoisotopic (exact) mass is 444 g/mol. The Bertz CT molecular complexity index is 943. The molecule has 1 saturated carbocycles. The molecule has 1 aliphatic carbocycles. The number of nitrogens with one attached hydrogen (secondary N) is 3. The van der Waals surface area contributed by atoms with Gasteiger partial charge in [-0.25, -0.2) is 13.1 Å². The lowest BCUT2D eigenvalue weighted by Gasteiger charge is -2.16. The molecule has 8 heteroatoms. The summed E-state index contributed by atoms with van der Waals surface area (Å²) in [6, 6.07) is 17.2. The second-order valence-corrected chi connectivity index (χ2v) is 9.67. The van der Waals surface area contributed by atoms with Crippen molar-refractivity contribution < 1.29 is 13.2 Å². The van der Waals surface area contributed by atoms with Crippen LogP contribution in [0.15, 0.2) is 64.5 Å². The molecule has 1 fully saturated rings. The molecule has 0 spiro atoms. The number of hydrogen-bond acceptors (Lipinski definition) is 4. The number of aliphatic imine (C=N–C) groups is 1. The smallest absolute Gasteiger partial charge is 0.240 e. The van der Waals surface area contributed by atoms with Crippen molar-refractivity contribution in [3.63, 3.8) is 0 Å². The van der Waals surface area contributed by atoms with Crippen molar-refractivity contribution >= 4 is 16.0 Å². The molecule has 2 aromatic rings. The molecular weight excluding hydrogens is 412 g/mol. The van der Waals surface area contributed by atoms with Gasteiger partial charge in [-0.15, -0.1) is 0 Å². The van der Waals surface area contributed by atoms with Crippen molar-refractivity contribution in [2.24, 2.45) is 10.9 Å². The van der Waals surface area contributed by atoms with E-state index in [0.29, 0.717) is 36.5 Å². The quantitative estimate of drug-likeness (QED) is 0.366. The van der Waals surface area contributed by atoms with Crippen LogP contribution >= 0.6 is 0 Å². The summed E-state index contributed by atoms with van der Waals surface area (Å²) >= 11 is 0. The molecule has 7 nitrogen and oxygen atoms in total. The summed E-state index contributed by atoms with van der Waals surface area (Å²) in [6.45, 7) is 4.68. The molecule has 2 aromatic carbocycles. The predicted molar refractivity (Wildman–Crippen MR) is 123 cm³/mol. The molecule has 0 radical (unpaired) electrons. The standard InChI is InChI=1S/C23H32N4O3S/c1-18(16-30-17-20-6-4-3-5-7-20)14-25-23(24-2)26-15-19-8-12-22(13-9-19)31(28,29)27-21-10-11-21/h3-9,12-13,18,21,27H,10-11,14-17H2,1-2H3,(H2,24,25,26). The van der Waals surface area contributed by atoms with Gasteiger partial charge in [0.25, 0.3) is 0 Å². The highest BCUT2D eigenvalue weighted by Gasteiger charge is 2.27. The number of rotatable bonds is 11. The van der Waals surface area contributed by atoms with Gasteiger partial charge in [0.15, 0.2) is 5.96 Å². The second-order valence-electron chi connectivity index (χ2n) is 7.95. The number of guanidine groups is 1. The van der Waals surface area contributed by atoms with E-state index in [1.54, 1.807) is 19.2 Å². The molecule has 0 saturated heterocycles. The fourth-order valence-corrected chi connectivity index (χ4v) is 4.27. The van der Waals surface area contributed by atoms with E-state index in [2.05, 4.69) is 39.4 Å². The van der Waals surface area contributed by atoms with Gasteiger partial charge in [-0.05, 0) is 42.0 Å². The Labute approximate surface area is 185 Å². The molecule has 0 heterocycles. The highest BCUT2D eigenvalue weighted by atomic mass is 32.2. The van der Waals surface area contributed by atoms with Crippen LogP contribution in [0.3, 0.4) is 0 Å². The third-order valence-electron chi connectivity index (χ3n) is 4.95. The lowest BCUT2D eigenvalue weighted by Crippen LogP contribution is -2.39. The molecule has 1 aliphatic rings. The van der Waals surface area contributed by atoms with Gasteiger partial charge in [-0.3, -0.25) is 4.99 Å². The minimum Gasteiger partial charge on any atom is -0.376 e. The zero-order chi connectivity index (χ0) is 22.1. The largest absolute Gasteiger partial charge is 0.376 e. The van der Waals surface area contributed by atoms with E-state index >= 15 is 0 Å². The third kappa shape index (κ3) is 7.97. The Morgan fingerprint density at radius 1 is 1.06 bits per heavy atom. The molecule has 3 rings (SSSR count). The Morgan fingerprint density at radius 2 is 1.77 bits per heavy atom. The van der Waals surface area contributed by atoms with Gasteiger partial charge in [0, 0.05) is 26.2 Å². The van der Waals surface area contributed by atoms with Gasteiger partial charge in [0.05, 0.1) is 18.1 Å². The van der Waals surface area contributed by atoms with E-state index in [-0.39, 0.29) is 6.04 Å². The molecule has 0 aliphatic heterocycles. The molecule has 1 unspecified atom stereocenters. The van der Waals surface area contributed by atoms with E-state index < -0.39 is 10.0 Å². The van der Waals surface area contributed by atoms with Crippen molar-refractivity contribution in [3.8, 4) is 0 Å². The van der Waals surface area contributed by atoms with Crippen LogP contribution in [0.2, 0.25) is 0 Å². The number of ether oxygens (including phenoxy) is 1. The molecule has 0 aromatic heterocycles. The predicted octanol–water partition coefficient (Wildman–Crippen LogP) is 2.65. The minimum absolute atomic E-state index is 0.104. The Morgan fingerprint density at radius 3 is 2.42 bits per heavy atom. The van der Waals surface area contributed by atoms with Crippen molar-refractivity contribution in [2.45, 2.75) is 43.9 Å². The van der Waals surface area contributed by atoms with Gasteiger partial charge in [-0.1, -0.05) is 49.4 Å². The van der Waals surface area contributed by atoms with Crippen LogP contribution in [0.25, 0.3) is 0 Å². The lowest BCUT2D eigenvalue weighted by atomic mass is 10.2. The van der Waals surface area contributed by atoms with Crippen molar-refractivity contribution in [1.29, 1.82) is 0 Å². The van der Waals surface area contributed by atoms with Gasteiger partial charge >= 0.3 is 0 Å². The maximum Gasteiger partial charge on any atom is 0.240 e.